The highest BCUT2D eigenvalue weighted by Gasteiger charge is 2.24. The molecule has 0 saturated carbocycles. The monoisotopic (exact) mass is 284 g/mol. The van der Waals surface area contributed by atoms with Crippen molar-refractivity contribution < 1.29 is 4.48 Å². The molecular weight excluding hydrogens is 246 g/mol. The molecule has 0 aromatic rings. The van der Waals surface area contributed by atoms with Crippen molar-refractivity contribution in [2.45, 2.75) is 79.1 Å². The van der Waals surface area contributed by atoms with Crippen molar-refractivity contribution in [1.29, 1.82) is 5.26 Å². The van der Waals surface area contributed by atoms with Gasteiger partial charge in [0.05, 0.1) is 26.2 Å². The predicted molar refractivity (Wildman–Crippen MR) is 89.2 cm³/mol. The van der Waals surface area contributed by atoms with Crippen LogP contribution in [0.1, 0.15) is 79.1 Å². The van der Waals surface area contributed by atoms with Gasteiger partial charge in [0.2, 0.25) is 0 Å². The van der Waals surface area contributed by atoms with Crippen molar-refractivity contribution in [1.82, 2.24) is 0 Å². The van der Waals surface area contributed by atoms with Crippen LogP contribution in [0.5, 0.6) is 0 Å². The van der Waals surface area contributed by atoms with E-state index in [9.17, 15) is 0 Å². The number of hydrogen-bond acceptors (Lipinski definition) is 2. The summed E-state index contributed by atoms with van der Waals surface area (Å²) in [5, 5.41) is 7.10. The molecule has 0 spiro atoms. The molecule has 0 rings (SSSR count). The van der Waals surface area contributed by atoms with Gasteiger partial charge in [-0.15, -0.1) is 0 Å². The van der Waals surface area contributed by atoms with E-state index in [1.165, 1.54) is 88.2 Å². The highest BCUT2D eigenvalue weighted by molar-refractivity contribution is 4.49. The SMILES string of the molecule is CCCC[N+](CCCC)(CCCC)CCCC.N#CN. The van der Waals surface area contributed by atoms with E-state index in [1.807, 2.05) is 0 Å². The van der Waals surface area contributed by atoms with E-state index in [1.54, 1.807) is 0 Å². The van der Waals surface area contributed by atoms with Crippen molar-refractivity contribution in [3.8, 4) is 6.19 Å². The first kappa shape index (κ1) is 21.5. The van der Waals surface area contributed by atoms with Gasteiger partial charge in [-0.05, 0) is 25.7 Å². The van der Waals surface area contributed by atoms with Crippen molar-refractivity contribution in [3.05, 3.63) is 0 Å². The molecule has 20 heavy (non-hydrogen) atoms. The molecule has 0 aromatic carbocycles. The zero-order valence-electron chi connectivity index (χ0n) is 14.5. The van der Waals surface area contributed by atoms with Gasteiger partial charge in [-0.3, -0.25) is 0 Å². The maximum Gasteiger partial charge on any atom is 0.173 e. The molecule has 3 heteroatoms. The van der Waals surface area contributed by atoms with Gasteiger partial charge in [0.25, 0.3) is 0 Å². The lowest BCUT2D eigenvalue weighted by molar-refractivity contribution is -0.929. The van der Waals surface area contributed by atoms with E-state index in [0.29, 0.717) is 0 Å². The summed E-state index contributed by atoms with van der Waals surface area (Å²) in [7, 11) is 0. The molecule has 0 aliphatic rings. The lowest BCUT2D eigenvalue weighted by atomic mass is 10.1. The largest absolute Gasteiger partial charge is 0.337 e. The van der Waals surface area contributed by atoms with Crippen LogP contribution in [0.4, 0.5) is 0 Å². The second kappa shape index (κ2) is 16.3. The first-order chi connectivity index (χ1) is 9.66. The van der Waals surface area contributed by atoms with Crippen molar-refractivity contribution in [2.24, 2.45) is 5.73 Å². The summed E-state index contributed by atoms with van der Waals surface area (Å²) >= 11 is 0. The summed E-state index contributed by atoms with van der Waals surface area (Å²) in [5.41, 5.74) is 4.15. The maximum atomic E-state index is 7.10. The van der Waals surface area contributed by atoms with Crippen LogP contribution in [0.2, 0.25) is 0 Å². The van der Waals surface area contributed by atoms with E-state index >= 15 is 0 Å². The van der Waals surface area contributed by atoms with Crippen LogP contribution < -0.4 is 5.73 Å². The standard InChI is InChI=1S/C16H36N.CH2N2/c1-5-9-13-17(14-10-6-2,15-11-7-3)16-12-8-4;2-1-3/h5-16H2,1-4H3;2H2/q+1;. The summed E-state index contributed by atoms with van der Waals surface area (Å²) in [6, 6.07) is 0. The first-order valence-corrected chi connectivity index (χ1v) is 8.61. The fraction of sp³-hybridized carbons (Fsp3) is 0.941. The number of nitrogens with zero attached hydrogens (tertiary/aromatic N) is 2. The Hall–Kier alpha value is -0.750. The molecule has 0 aromatic heterocycles. The molecule has 0 fully saturated rings. The zero-order valence-corrected chi connectivity index (χ0v) is 14.5. The topological polar surface area (TPSA) is 49.8 Å². The number of quaternary nitrogens is 1. The Labute approximate surface area is 127 Å². The minimum Gasteiger partial charge on any atom is -0.337 e. The Morgan fingerprint density at radius 2 is 0.900 bits per heavy atom. The van der Waals surface area contributed by atoms with Gasteiger partial charge in [0.15, 0.2) is 6.19 Å². The van der Waals surface area contributed by atoms with Crippen LogP contribution >= 0.6 is 0 Å². The average Bonchev–Trinajstić information content (AvgIpc) is 2.46. The molecule has 0 amide bonds. The zero-order chi connectivity index (χ0) is 15.7. The predicted octanol–water partition coefficient (Wildman–Crippen LogP) is 4.43. The second-order valence-electron chi connectivity index (χ2n) is 5.78. The third-order valence-corrected chi connectivity index (χ3v) is 3.94. The molecule has 2 N–H and O–H groups in total. The quantitative estimate of drug-likeness (QED) is 0.327. The van der Waals surface area contributed by atoms with Crippen molar-refractivity contribution >= 4 is 0 Å². The molecule has 0 aliphatic carbocycles. The van der Waals surface area contributed by atoms with E-state index < -0.39 is 0 Å². The van der Waals surface area contributed by atoms with Gasteiger partial charge in [-0.25, -0.2) is 0 Å². The number of nitriles is 1. The van der Waals surface area contributed by atoms with Crippen molar-refractivity contribution in [3.63, 3.8) is 0 Å². The van der Waals surface area contributed by atoms with Gasteiger partial charge in [-0.2, -0.15) is 5.26 Å². The summed E-state index contributed by atoms with van der Waals surface area (Å²) in [4.78, 5) is 0. The fourth-order valence-corrected chi connectivity index (χ4v) is 2.64. The number of nitrogens with two attached hydrogens (primary N) is 1. The Morgan fingerprint density at radius 1 is 0.700 bits per heavy atom. The van der Waals surface area contributed by atoms with E-state index in [0.717, 1.165) is 0 Å². The molecule has 0 atom stereocenters. The lowest BCUT2D eigenvalue weighted by Gasteiger charge is -2.39. The third kappa shape index (κ3) is 12.3. The normalized spacial score (nSPS) is 10.6. The van der Waals surface area contributed by atoms with Crippen LogP contribution in [0.15, 0.2) is 0 Å². The molecule has 120 valence electrons. The van der Waals surface area contributed by atoms with Gasteiger partial charge < -0.3 is 10.2 Å². The number of unbranched alkanes of at least 4 members (excludes halogenated alkanes) is 4. The summed E-state index contributed by atoms with van der Waals surface area (Å²) in [6.45, 7) is 15.0. The highest BCUT2D eigenvalue weighted by atomic mass is 15.3. The van der Waals surface area contributed by atoms with E-state index in [-0.39, 0.29) is 0 Å². The average molecular weight is 285 g/mol. The van der Waals surface area contributed by atoms with Gasteiger partial charge >= 0.3 is 0 Å². The molecule has 3 nitrogen and oxygen atoms in total. The van der Waals surface area contributed by atoms with Crippen LogP contribution in [0.3, 0.4) is 0 Å². The van der Waals surface area contributed by atoms with E-state index in [4.69, 9.17) is 5.26 Å². The lowest BCUT2D eigenvalue weighted by Crippen LogP contribution is -2.50. The molecule has 0 bridgehead atoms. The maximum absolute atomic E-state index is 7.10. The van der Waals surface area contributed by atoms with Crippen LogP contribution in [-0.2, 0) is 0 Å². The minimum atomic E-state index is 1.25. The van der Waals surface area contributed by atoms with Gasteiger partial charge in [0, 0.05) is 0 Å². The molecule has 0 heterocycles. The summed E-state index contributed by atoms with van der Waals surface area (Å²) < 4.78 is 1.42. The smallest absolute Gasteiger partial charge is 0.173 e. The second-order valence-corrected chi connectivity index (χ2v) is 5.78. The summed E-state index contributed by atoms with van der Waals surface area (Å²) in [5.74, 6) is 0. The number of rotatable bonds is 12. The van der Waals surface area contributed by atoms with Crippen LogP contribution in [-0.4, -0.2) is 30.7 Å². The van der Waals surface area contributed by atoms with Gasteiger partial charge in [-0.1, -0.05) is 53.4 Å². The fourth-order valence-electron chi connectivity index (χ4n) is 2.64. The number of hydrogen-bond donors (Lipinski definition) is 1. The molecule has 0 radical (unpaired) electrons. The van der Waals surface area contributed by atoms with Crippen molar-refractivity contribution in [2.75, 3.05) is 26.2 Å². The Bertz CT molecular complexity index is 183. The van der Waals surface area contributed by atoms with Gasteiger partial charge in [0.1, 0.15) is 0 Å². The minimum absolute atomic E-state index is 1.25. The molecular formula is C17H38N3+. The third-order valence-electron chi connectivity index (χ3n) is 3.94. The Morgan fingerprint density at radius 3 is 1.05 bits per heavy atom. The van der Waals surface area contributed by atoms with E-state index in [2.05, 4.69) is 33.4 Å². The van der Waals surface area contributed by atoms with Crippen LogP contribution in [0.25, 0.3) is 0 Å². The molecule has 0 aliphatic heterocycles. The Balaban J connectivity index is 0. The Kier molecular flexibility index (Phi) is 17.6. The molecule has 0 unspecified atom stereocenters. The first-order valence-electron chi connectivity index (χ1n) is 8.61. The highest BCUT2D eigenvalue weighted by Crippen LogP contribution is 2.16. The summed E-state index contributed by atoms with van der Waals surface area (Å²) in [6.07, 6.45) is 12.3. The molecule has 0 saturated heterocycles. The van der Waals surface area contributed by atoms with Crippen LogP contribution in [0, 0.1) is 11.5 Å².